The highest BCUT2D eigenvalue weighted by molar-refractivity contribution is 7.99. The van der Waals surface area contributed by atoms with Crippen molar-refractivity contribution in [2.45, 2.75) is 56.8 Å². The average Bonchev–Trinajstić information content (AvgIpc) is 3.31. The van der Waals surface area contributed by atoms with Crippen molar-refractivity contribution in [3.8, 4) is 0 Å². The highest BCUT2D eigenvalue weighted by Crippen LogP contribution is 2.40. The maximum Gasteiger partial charge on any atom is 0.230 e. The van der Waals surface area contributed by atoms with Crippen LogP contribution in [-0.4, -0.2) is 26.4 Å². The molecule has 1 amide bonds. The van der Waals surface area contributed by atoms with Gasteiger partial charge in [0.1, 0.15) is 5.82 Å². The number of rotatable bonds is 7. The minimum atomic E-state index is -0.194. The fourth-order valence-corrected chi connectivity index (χ4v) is 4.20. The van der Waals surface area contributed by atoms with Gasteiger partial charge in [0.15, 0.2) is 5.16 Å². The van der Waals surface area contributed by atoms with Gasteiger partial charge in [-0.1, -0.05) is 54.9 Å². The molecule has 0 spiro atoms. The van der Waals surface area contributed by atoms with E-state index < -0.39 is 0 Å². The molecule has 1 atom stereocenters. The third-order valence-corrected chi connectivity index (χ3v) is 5.76. The second kappa shape index (κ2) is 8.19. The molecule has 0 aliphatic heterocycles. The van der Waals surface area contributed by atoms with Crippen LogP contribution in [0.2, 0.25) is 10.0 Å². The molecule has 0 saturated heterocycles. The van der Waals surface area contributed by atoms with E-state index in [0.29, 0.717) is 27.8 Å². The fraction of sp³-hybridized carbons (Fsp3) is 0.500. The Morgan fingerprint density at radius 1 is 1.31 bits per heavy atom. The summed E-state index contributed by atoms with van der Waals surface area (Å²) >= 11 is 13.6. The number of nitrogens with zero attached hydrogens (tertiary/aromatic N) is 3. The summed E-state index contributed by atoms with van der Waals surface area (Å²) in [5, 5.41) is 13.5. The average molecular weight is 413 g/mol. The van der Waals surface area contributed by atoms with Gasteiger partial charge in [-0.05, 0) is 37.5 Å². The minimum Gasteiger partial charge on any atom is -0.349 e. The van der Waals surface area contributed by atoms with Crippen LogP contribution >= 0.6 is 35.0 Å². The van der Waals surface area contributed by atoms with Gasteiger partial charge in [0.05, 0.1) is 11.8 Å². The number of benzene rings is 1. The third-order valence-electron chi connectivity index (χ3n) is 4.26. The van der Waals surface area contributed by atoms with Crippen LogP contribution in [0, 0.1) is 0 Å². The van der Waals surface area contributed by atoms with Crippen LogP contribution in [-0.2, 0) is 4.79 Å². The number of aromatic nitrogens is 3. The Hall–Kier alpha value is -1.24. The van der Waals surface area contributed by atoms with E-state index in [4.69, 9.17) is 23.2 Å². The molecule has 26 heavy (non-hydrogen) atoms. The zero-order valence-electron chi connectivity index (χ0n) is 15.0. The predicted molar refractivity (Wildman–Crippen MR) is 106 cm³/mol. The maximum absolute atomic E-state index is 12.4. The second-order valence-corrected chi connectivity index (χ2v) is 8.63. The number of carbonyl (C=O) groups is 1. The number of amides is 1. The number of carbonyl (C=O) groups excluding carboxylic acids is 1. The molecule has 3 rings (SSSR count). The minimum absolute atomic E-state index is 0.0649. The Bertz CT molecular complexity index is 804. The van der Waals surface area contributed by atoms with E-state index in [-0.39, 0.29) is 11.9 Å². The predicted octanol–water partition coefficient (Wildman–Crippen LogP) is 5.01. The smallest absolute Gasteiger partial charge is 0.230 e. The Kier molecular flexibility index (Phi) is 6.15. The van der Waals surface area contributed by atoms with Crippen molar-refractivity contribution < 1.29 is 4.79 Å². The second-order valence-electron chi connectivity index (χ2n) is 6.84. The number of hydrogen-bond donors (Lipinski definition) is 1. The summed E-state index contributed by atoms with van der Waals surface area (Å²) in [7, 11) is 0. The lowest BCUT2D eigenvalue weighted by Gasteiger charge is -2.16. The summed E-state index contributed by atoms with van der Waals surface area (Å²) in [5.74, 6) is 1.54. The molecule has 1 fully saturated rings. The molecule has 1 aliphatic carbocycles. The quantitative estimate of drug-likeness (QED) is 0.648. The van der Waals surface area contributed by atoms with E-state index in [1.165, 1.54) is 11.8 Å². The lowest BCUT2D eigenvalue weighted by atomic mass is 10.1. The molecular formula is C18H22Cl2N4OS. The summed E-state index contributed by atoms with van der Waals surface area (Å²) in [4.78, 5) is 12.4. The van der Waals surface area contributed by atoms with E-state index in [1.807, 2.05) is 13.0 Å². The summed E-state index contributed by atoms with van der Waals surface area (Å²) < 4.78 is 2.20. The highest BCUT2D eigenvalue weighted by Gasteiger charge is 2.30. The standard InChI is InChI=1S/C18H22Cl2N4OS/c1-10(2)17-22-23-18(24(17)13-5-6-13)26-9-16(25)21-11(3)14-7-4-12(19)8-15(14)20/h4,7-8,10-11,13H,5-6,9H2,1-3H3,(H,21,25). The molecule has 1 heterocycles. The van der Waals surface area contributed by atoms with Crippen LogP contribution in [0.5, 0.6) is 0 Å². The lowest BCUT2D eigenvalue weighted by molar-refractivity contribution is -0.119. The van der Waals surface area contributed by atoms with Crippen LogP contribution < -0.4 is 5.32 Å². The fourth-order valence-electron chi connectivity index (χ4n) is 2.80. The summed E-state index contributed by atoms with van der Waals surface area (Å²) in [5.41, 5.74) is 0.845. The van der Waals surface area contributed by atoms with Crippen molar-refractivity contribution in [3.05, 3.63) is 39.6 Å². The first kappa shape index (κ1) is 19.5. The van der Waals surface area contributed by atoms with E-state index in [1.54, 1.807) is 12.1 Å². The first-order valence-corrected chi connectivity index (χ1v) is 10.4. The highest BCUT2D eigenvalue weighted by atomic mass is 35.5. The Morgan fingerprint density at radius 2 is 2.04 bits per heavy atom. The molecule has 1 aromatic heterocycles. The van der Waals surface area contributed by atoms with Gasteiger partial charge in [-0.3, -0.25) is 4.79 Å². The Labute approximate surface area is 167 Å². The largest absolute Gasteiger partial charge is 0.349 e. The van der Waals surface area contributed by atoms with Crippen LogP contribution in [0.15, 0.2) is 23.4 Å². The molecule has 1 saturated carbocycles. The van der Waals surface area contributed by atoms with Gasteiger partial charge in [-0.25, -0.2) is 0 Å². The van der Waals surface area contributed by atoms with Gasteiger partial charge in [-0.15, -0.1) is 10.2 Å². The number of thioether (sulfide) groups is 1. The van der Waals surface area contributed by atoms with Crippen molar-refractivity contribution in [1.82, 2.24) is 20.1 Å². The van der Waals surface area contributed by atoms with Gasteiger partial charge >= 0.3 is 0 Å². The Balaban J connectivity index is 1.61. The first-order valence-electron chi connectivity index (χ1n) is 8.68. The van der Waals surface area contributed by atoms with Crippen LogP contribution in [0.25, 0.3) is 0 Å². The van der Waals surface area contributed by atoms with Crippen molar-refractivity contribution in [2.75, 3.05) is 5.75 Å². The third kappa shape index (κ3) is 4.53. The van der Waals surface area contributed by atoms with Gasteiger partial charge in [0.2, 0.25) is 5.91 Å². The van der Waals surface area contributed by atoms with Gasteiger partial charge in [-0.2, -0.15) is 0 Å². The molecule has 140 valence electrons. The Morgan fingerprint density at radius 3 is 2.65 bits per heavy atom. The molecule has 1 aliphatic rings. The molecule has 1 unspecified atom stereocenters. The van der Waals surface area contributed by atoms with Crippen LogP contribution in [0.4, 0.5) is 0 Å². The molecule has 1 aromatic carbocycles. The van der Waals surface area contributed by atoms with Crippen molar-refractivity contribution in [3.63, 3.8) is 0 Å². The van der Waals surface area contributed by atoms with Crippen molar-refractivity contribution in [1.29, 1.82) is 0 Å². The summed E-state index contributed by atoms with van der Waals surface area (Å²) in [6.07, 6.45) is 2.31. The lowest BCUT2D eigenvalue weighted by Crippen LogP contribution is -2.28. The SMILES string of the molecule is CC(C)c1nnc(SCC(=O)NC(C)c2ccc(Cl)cc2Cl)n1C1CC1. The molecule has 8 heteroatoms. The van der Waals surface area contributed by atoms with Crippen LogP contribution in [0.3, 0.4) is 0 Å². The van der Waals surface area contributed by atoms with Gasteiger partial charge in [0, 0.05) is 22.0 Å². The molecule has 0 radical (unpaired) electrons. The van der Waals surface area contributed by atoms with Crippen molar-refractivity contribution >= 4 is 40.9 Å². The summed E-state index contributed by atoms with van der Waals surface area (Å²) in [6, 6.07) is 5.58. The van der Waals surface area contributed by atoms with E-state index in [0.717, 1.165) is 29.4 Å². The first-order chi connectivity index (χ1) is 12.4. The van der Waals surface area contributed by atoms with Crippen molar-refractivity contribution in [2.24, 2.45) is 0 Å². The number of hydrogen-bond acceptors (Lipinski definition) is 4. The molecule has 1 N–H and O–H groups in total. The number of nitrogens with one attached hydrogen (secondary N) is 1. The maximum atomic E-state index is 12.4. The van der Waals surface area contributed by atoms with Gasteiger partial charge in [0.25, 0.3) is 0 Å². The molecule has 0 bridgehead atoms. The van der Waals surface area contributed by atoms with Crippen LogP contribution in [0.1, 0.15) is 63.0 Å². The van der Waals surface area contributed by atoms with Gasteiger partial charge < -0.3 is 9.88 Å². The monoisotopic (exact) mass is 412 g/mol. The number of halogens is 2. The molecule has 5 nitrogen and oxygen atoms in total. The molecular weight excluding hydrogens is 391 g/mol. The topological polar surface area (TPSA) is 59.8 Å². The zero-order valence-corrected chi connectivity index (χ0v) is 17.3. The molecule has 2 aromatic rings. The van der Waals surface area contributed by atoms with E-state index >= 15 is 0 Å². The normalized spacial score (nSPS) is 15.3. The van der Waals surface area contributed by atoms with E-state index in [9.17, 15) is 4.79 Å². The summed E-state index contributed by atoms with van der Waals surface area (Å²) in [6.45, 7) is 6.13. The van der Waals surface area contributed by atoms with E-state index in [2.05, 4.69) is 33.9 Å². The zero-order chi connectivity index (χ0) is 18.8.